The second-order valence-electron chi connectivity index (χ2n) is 4.77. The van der Waals surface area contributed by atoms with Gasteiger partial charge in [-0.15, -0.1) is 5.10 Å². The molecule has 0 saturated carbocycles. The largest absolute Gasteiger partial charge is 0.504 e. The summed E-state index contributed by atoms with van der Waals surface area (Å²) >= 11 is 0. The van der Waals surface area contributed by atoms with Gasteiger partial charge in [0.15, 0.2) is 11.5 Å². The molecule has 2 aromatic rings. The van der Waals surface area contributed by atoms with Crippen LogP contribution in [0.4, 0.5) is 0 Å². The minimum Gasteiger partial charge on any atom is -0.504 e. The Labute approximate surface area is 144 Å². The van der Waals surface area contributed by atoms with Gasteiger partial charge in [-0.25, -0.2) is 0 Å². The normalized spacial score (nSPS) is 10.8. The third-order valence-corrected chi connectivity index (χ3v) is 3.60. The fourth-order valence-electron chi connectivity index (χ4n) is 1.52. The molecule has 0 unspecified atom stereocenters. The van der Waals surface area contributed by atoms with E-state index < -0.39 is 10.1 Å². The fraction of sp³-hybridized carbons (Fsp3) is 0.0667. The van der Waals surface area contributed by atoms with E-state index in [1.54, 1.807) is 24.3 Å². The summed E-state index contributed by atoms with van der Waals surface area (Å²) in [5.74, 6) is -0.665. The monoisotopic (exact) mass is 366 g/mol. The summed E-state index contributed by atoms with van der Waals surface area (Å²) in [6.07, 6.45) is 1.23. The zero-order valence-electron chi connectivity index (χ0n) is 13.2. The lowest BCUT2D eigenvalue weighted by atomic mass is 10.2. The molecule has 0 amide bonds. The van der Waals surface area contributed by atoms with E-state index in [1.807, 2.05) is 6.92 Å². The summed E-state index contributed by atoms with van der Waals surface area (Å²) in [7, 11) is -4.02. The molecule has 0 aliphatic rings. The van der Waals surface area contributed by atoms with Gasteiger partial charge >= 0.3 is 0 Å². The topological polar surface area (TPSA) is 172 Å². The predicted octanol–water partition coefficient (Wildman–Crippen LogP) is 0.947. The van der Waals surface area contributed by atoms with E-state index in [-0.39, 0.29) is 22.4 Å². The summed E-state index contributed by atoms with van der Waals surface area (Å²) < 4.78 is 29.6. The summed E-state index contributed by atoms with van der Waals surface area (Å²) in [6, 6.07) is 10.5. The molecule has 0 heterocycles. The van der Waals surface area contributed by atoms with E-state index in [2.05, 4.69) is 10.2 Å². The molecule has 2 aromatic carbocycles. The van der Waals surface area contributed by atoms with Crippen LogP contribution in [0.25, 0.3) is 0 Å². The van der Waals surface area contributed by atoms with E-state index in [4.69, 9.17) is 21.1 Å². The quantitative estimate of drug-likeness (QED) is 0.177. The number of nitrogens with two attached hydrogens (primary N) is 2. The zero-order chi connectivity index (χ0) is 19.0. The van der Waals surface area contributed by atoms with Crippen molar-refractivity contribution in [3.63, 3.8) is 0 Å². The molecule has 0 saturated heterocycles. The van der Waals surface area contributed by atoms with Crippen LogP contribution in [0.3, 0.4) is 0 Å². The van der Waals surface area contributed by atoms with Crippen molar-refractivity contribution >= 4 is 22.3 Å². The van der Waals surface area contributed by atoms with Crippen LogP contribution >= 0.6 is 0 Å². The Balaban J connectivity index is 0.000000257. The summed E-state index contributed by atoms with van der Waals surface area (Å²) in [5, 5.41) is 25.2. The van der Waals surface area contributed by atoms with E-state index in [1.165, 1.54) is 24.4 Å². The molecule has 0 atom stereocenters. The van der Waals surface area contributed by atoms with Gasteiger partial charge in [0.25, 0.3) is 10.1 Å². The van der Waals surface area contributed by atoms with Crippen molar-refractivity contribution in [2.24, 2.45) is 21.7 Å². The first kappa shape index (κ1) is 19.9. The molecule has 2 rings (SSSR count). The third-order valence-electron chi connectivity index (χ3n) is 2.73. The van der Waals surface area contributed by atoms with Gasteiger partial charge in [0.2, 0.25) is 5.96 Å². The van der Waals surface area contributed by atoms with Crippen molar-refractivity contribution in [2.45, 2.75) is 11.8 Å². The first-order valence-electron chi connectivity index (χ1n) is 6.78. The smallest absolute Gasteiger partial charge is 0.294 e. The maximum absolute atomic E-state index is 10.5. The van der Waals surface area contributed by atoms with Crippen molar-refractivity contribution in [3.05, 3.63) is 53.6 Å². The molecule has 25 heavy (non-hydrogen) atoms. The van der Waals surface area contributed by atoms with Crippen molar-refractivity contribution in [1.82, 2.24) is 0 Å². The molecule has 0 radical (unpaired) electrons. The number of aromatic hydroxyl groups is 2. The van der Waals surface area contributed by atoms with Crippen LogP contribution in [0.1, 0.15) is 11.1 Å². The standard InChI is InChI=1S/C8H10N4O2.C7H8O3S/c9-8(10)12-11-4-5-2-1-3-6(13)7(5)14;1-6-2-4-7(5-3-6)11(8,9)10/h1-4,13-14H,(H4,9,10,12);2-5H,1H3,(H,8,9,10)/b11-4+;. The lowest BCUT2D eigenvalue weighted by Gasteiger charge is -1.98. The van der Waals surface area contributed by atoms with Gasteiger partial charge in [-0.3, -0.25) is 4.55 Å². The van der Waals surface area contributed by atoms with Crippen molar-refractivity contribution in [1.29, 1.82) is 0 Å². The maximum atomic E-state index is 10.5. The number of rotatable bonds is 3. The molecule has 0 fully saturated rings. The van der Waals surface area contributed by atoms with Crippen molar-refractivity contribution in [2.75, 3.05) is 0 Å². The summed E-state index contributed by atoms with van der Waals surface area (Å²) in [4.78, 5) is -0.0666. The highest BCUT2D eigenvalue weighted by Crippen LogP contribution is 2.26. The molecular formula is C15H18N4O5S. The number of benzene rings is 2. The van der Waals surface area contributed by atoms with Crippen LogP contribution in [0.5, 0.6) is 11.5 Å². The second kappa shape index (κ2) is 8.66. The minimum atomic E-state index is -4.02. The molecule has 10 heteroatoms. The molecule has 7 N–H and O–H groups in total. The number of hydrogen-bond acceptors (Lipinski definition) is 6. The molecule has 0 aliphatic carbocycles. The highest BCUT2D eigenvalue weighted by molar-refractivity contribution is 7.85. The molecule has 134 valence electrons. The predicted molar refractivity (Wildman–Crippen MR) is 94.2 cm³/mol. The SMILES string of the molecule is Cc1ccc(S(=O)(=O)O)cc1.NC(N)=N/N=C/c1cccc(O)c1O. The van der Waals surface area contributed by atoms with Gasteiger partial charge in [-0.1, -0.05) is 23.8 Å². The molecule has 0 bridgehead atoms. The van der Waals surface area contributed by atoms with E-state index in [0.717, 1.165) is 5.56 Å². The van der Waals surface area contributed by atoms with Crippen molar-refractivity contribution < 1.29 is 23.2 Å². The summed E-state index contributed by atoms with van der Waals surface area (Å²) in [6.45, 7) is 1.84. The van der Waals surface area contributed by atoms with E-state index in [9.17, 15) is 13.5 Å². The van der Waals surface area contributed by atoms with Gasteiger partial charge in [0.1, 0.15) is 0 Å². The zero-order valence-corrected chi connectivity index (χ0v) is 14.1. The third kappa shape index (κ3) is 6.89. The lowest BCUT2D eigenvalue weighted by Crippen LogP contribution is -2.21. The Morgan fingerprint density at radius 2 is 1.68 bits per heavy atom. The van der Waals surface area contributed by atoms with Crippen LogP contribution in [0.2, 0.25) is 0 Å². The molecule has 0 spiro atoms. The fourth-order valence-corrected chi connectivity index (χ4v) is 2.00. The Morgan fingerprint density at radius 1 is 1.08 bits per heavy atom. The second-order valence-corrected chi connectivity index (χ2v) is 6.19. The Morgan fingerprint density at radius 3 is 2.20 bits per heavy atom. The molecule has 9 nitrogen and oxygen atoms in total. The highest BCUT2D eigenvalue weighted by Gasteiger charge is 2.06. The average molecular weight is 366 g/mol. The number of phenolic OH excluding ortho intramolecular Hbond substituents is 2. The first-order valence-corrected chi connectivity index (χ1v) is 8.22. The van der Waals surface area contributed by atoms with Crippen LogP contribution in [-0.2, 0) is 10.1 Å². The summed E-state index contributed by atoms with van der Waals surface area (Å²) in [5.41, 5.74) is 11.3. The van der Waals surface area contributed by atoms with Gasteiger partial charge in [0.05, 0.1) is 11.1 Å². The number of phenols is 2. The maximum Gasteiger partial charge on any atom is 0.294 e. The number of hydrogen-bond donors (Lipinski definition) is 5. The van der Waals surface area contributed by atoms with Gasteiger partial charge < -0.3 is 21.7 Å². The highest BCUT2D eigenvalue weighted by atomic mass is 32.2. The van der Waals surface area contributed by atoms with Crippen molar-refractivity contribution in [3.8, 4) is 11.5 Å². The number of para-hydroxylation sites is 1. The number of guanidine groups is 1. The van der Waals surface area contributed by atoms with Gasteiger partial charge in [0, 0.05) is 5.56 Å². The van der Waals surface area contributed by atoms with E-state index in [0.29, 0.717) is 5.56 Å². The number of aryl methyl sites for hydroxylation is 1. The van der Waals surface area contributed by atoms with E-state index >= 15 is 0 Å². The number of nitrogens with zero attached hydrogens (tertiary/aromatic N) is 2. The average Bonchev–Trinajstić information content (AvgIpc) is 2.51. The van der Waals surface area contributed by atoms with Crippen LogP contribution in [0.15, 0.2) is 57.6 Å². The Bertz CT molecular complexity index is 873. The minimum absolute atomic E-state index is 0.0666. The van der Waals surface area contributed by atoms with Crippen LogP contribution in [-0.4, -0.2) is 35.4 Å². The Kier molecular flexibility index (Phi) is 6.91. The molecule has 0 aromatic heterocycles. The Hall–Kier alpha value is -3.11. The molecule has 0 aliphatic heterocycles. The van der Waals surface area contributed by atoms with Crippen LogP contribution in [0, 0.1) is 6.92 Å². The van der Waals surface area contributed by atoms with Crippen LogP contribution < -0.4 is 11.5 Å². The lowest BCUT2D eigenvalue weighted by molar-refractivity contribution is 0.403. The first-order chi connectivity index (χ1) is 11.6. The van der Waals surface area contributed by atoms with Gasteiger partial charge in [-0.05, 0) is 31.2 Å². The molecular weight excluding hydrogens is 348 g/mol. The van der Waals surface area contributed by atoms with Gasteiger partial charge in [-0.2, -0.15) is 13.5 Å².